The molecule has 3 heterocycles. The van der Waals surface area contributed by atoms with Gasteiger partial charge in [-0.15, -0.1) is 0 Å². The number of carbonyl (C=O) groups is 3. The monoisotopic (exact) mass is 716 g/mol. The summed E-state index contributed by atoms with van der Waals surface area (Å²) in [7, 11) is 0. The number of aldehydes is 1. The Labute approximate surface area is 315 Å². The van der Waals surface area contributed by atoms with Crippen molar-refractivity contribution in [1.29, 1.82) is 0 Å². The molecule has 1 aliphatic heterocycles. The Morgan fingerprint density at radius 3 is 1.45 bits per heavy atom. The molecule has 1 N–H and O–H groups in total. The number of benzene rings is 7. The molecule has 0 saturated heterocycles. The van der Waals surface area contributed by atoms with E-state index in [2.05, 4.69) is 129 Å². The van der Waals surface area contributed by atoms with Crippen LogP contribution in [0.2, 0.25) is 0 Å². The number of carbonyl (C=O) groups excluding carboxylic acids is 2. The van der Waals surface area contributed by atoms with Gasteiger partial charge in [0.2, 0.25) is 0 Å². The zero-order valence-corrected chi connectivity index (χ0v) is 29.4. The van der Waals surface area contributed by atoms with E-state index in [0.717, 1.165) is 44.5 Å². The molecule has 0 unspecified atom stereocenters. The van der Waals surface area contributed by atoms with Crippen LogP contribution in [0.3, 0.4) is 0 Å². The summed E-state index contributed by atoms with van der Waals surface area (Å²) < 4.78 is 4.62. The van der Waals surface area contributed by atoms with Gasteiger partial charge in [-0.25, -0.2) is 4.79 Å². The lowest BCUT2D eigenvalue weighted by Gasteiger charge is -2.11. The van der Waals surface area contributed by atoms with E-state index in [-0.39, 0.29) is 18.0 Å². The van der Waals surface area contributed by atoms with Gasteiger partial charge in [-0.2, -0.15) is 10.1 Å². The topological polar surface area (TPSA) is 96.9 Å². The van der Waals surface area contributed by atoms with Gasteiger partial charge in [0.1, 0.15) is 6.29 Å². The van der Waals surface area contributed by atoms with Crippen molar-refractivity contribution in [3.05, 3.63) is 175 Å². The third-order valence-corrected chi connectivity index (χ3v) is 10.0. The standard InChI is InChI=1S/C37H24N2O.C10H8N2O3/c40-24-25-13-22-37-33(23-25)32-9-3-6-12-36(32)39(37)29-20-16-27(17-21-29)26-14-18-28(19-15-26)38-34-10-4-1-7-30(34)31-8-2-5-11-35(31)38;13-9-6-8(10(14)15)11-12(9)7-4-2-1-3-5-7/h1-24H;1-5H,6H2,(H,14,15). The highest BCUT2D eigenvalue weighted by Crippen LogP contribution is 2.35. The highest BCUT2D eigenvalue weighted by Gasteiger charge is 2.28. The van der Waals surface area contributed by atoms with E-state index in [1.807, 2.05) is 30.3 Å². The van der Waals surface area contributed by atoms with Gasteiger partial charge < -0.3 is 14.2 Å². The zero-order valence-electron chi connectivity index (χ0n) is 29.4. The molecule has 0 saturated carbocycles. The van der Waals surface area contributed by atoms with Gasteiger partial charge in [-0.05, 0) is 83.9 Å². The van der Waals surface area contributed by atoms with E-state index in [0.29, 0.717) is 11.3 Å². The average molecular weight is 717 g/mol. The molecule has 0 bridgehead atoms. The lowest BCUT2D eigenvalue weighted by Crippen LogP contribution is -2.19. The van der Waals surface area contributed by atoms with Gasteiger partial charge >= 0.3 is 5.97 Å². The van der Waals surface area contributed by atoms with Crippen LogP contribution in [0.4, 0.5) is 5.69 Å². The number of hydrazone groups is 1. The van der Waals surface area contributed by atoms with E-state index in [1.165, 1.54) is 32.9 Å². The van der Waals surface area contributed by atoms with Gasteiger partial charge in [0.15, 0.2) is 5.71 Å². The first-order chi connectivity index (χ1) is 27.0. The van der Waals surface area contributed by atoms with Crippen molar-refractivity contribution in [1.82, 2.24) is 9.13 Å². The first-order valence-corrected chi connectivity index (χ1v) is 17.8. The van der Waals surface area contributed by atoms with Gasteiger partial charge in [-0.1, -0.05) is 97.1 Å². The third-order valence-electron chi connectivity index (χ3n) is 10.0. The van der Waals surface area contributed by atoms with E-state index >= 15 is 0 Å². The fraction of sp³-hybridized carbons (Fsp3) is 0.0213. The predicted molar refractivity (Wildman–Crippen MR) is 220 cm³/mol. The Hall–Kier alpha value is -7.58. The number of amides is 1. The molecule has 0 spiro atoms. The van der Waals surface area contributed by atoms with Crippen LogP contribution < -0.4 is 5.01 Å². The van der Waals surface area contributed by atoms with Gasteiger partial charge in [-0.3, -0.25) is 9.59 Å². The maximum Gasteiger partial charge on any atom is 0.352 e. The van der Waals surface area contributed by atoms with Crippen molar-refractivity contribution in [3.8, 4) is 22.5 Å². The molecule has 9 aromatic rings. The summed E-state index contributed by atoms with van der Waals surface area (Å²) >= 11 is 0. The summed E-state index contributed by atoms with van der Waals surface area (Å²) in [5.74, 6) is -1.47. The SMILES string of the molecule is O=C(O)C1=NN(c2ccccc2)C(=O)C1.O=Cc1ccc2c(c1)c1ccccc1n2-c1ccc(-c2ccc(-n3c4ccccc4c4ccccc43)cc2)cc1. The maximum atomic E-state index is 11.4. The van der Waals surface area contributed by atoms with Crippen molar-refractivity contribution < 1.29 is 19.5 Å². The van der Waals surface area contributed by atoms with Crippen LogP contribution >= 0.6 is 0 Å². The predicted octanol–water partition coefficient (Wildman–Crippen LogP) is 10.2. The summed E-state index contributed by atoms with van der Waals surface area (Å²) in [5, 5.41) is 18.3. The van der Waals surface area contributed by atoms with Crippen molar-refractivity contribution in [2.45, 2.75) is 6.42 Å². The van der Waals surface area contributed by atoms with Crippen LogP contribution in [0.25, 0.3) is 66.1 Å². The lowest BCUT2D eigenvalue weighted by molar-refractivity contribution is -0.129. The van der Waals surface area contributed by atoms with E-state index in [9.17, 15) is 14.4 Å². The fourth-order valence-electron chi connectivity index (χ4n) is 7.47. The van der Waals surface area contributed by atoms with Crippen LogP contribution in [0.15, 0.2) is 175 Å². The molecule has 0 atom stereocenters. The lowest BCUT2D eigenvalue weighted by atomic mass is 10.0. The largest absolute Gasteiger partial charge is 0.477 e. The second kappa shape index (κ2) is 13.8. The number of carboxylic acids is 1. The van der Waals surface area contributed by atoms with Gasteiger partial charge in [0.25, 0.3) is 5.91 Å². The molecule has 55 heavy (non-hydrogen) atoms. The molecule has 1 aliphatic rings. The molecule has 2 aromatic heterocycles. The number of aromatic nitrogens is 2. The van der Waals surface area contributed by atoms with Crippen LogP contribution in [0, 0.1) is 0 Å². The summed E-state index contributed by atoms with van der Waals surface area (Å²) in [6.45, 7) is 0. The normalized spacial score (nSPS) is 12.6. The molecular weight excluding hydrogens is 685 g/mol. The molecular formula is C47H32N4O4. The van der Waals surface area contributed by atoms with Crippen LogP contribution in [0.5, 0.6) is 0 Å². The average Bonchev–Trinajstić information content (AvgIpc) is 3.91. The van der Waals surface area contributed by atoms with E-state index in [4.69, 9.17) is 5.11 Å². The second-order valence-electron chi connectivity index (χ2n) is 13.3. The first kappa shape index (κ1) is 33.3. The van der Waals surface area contributed by atoms with Crippen LogP contribution in [0.1, 0.15) is 16.8 Å². The van der Waals surface area contributed by atoms with Gasteiger partial charge in [0, 0.05) is 38.5 Å². The number of hydrogen-bond acceptors (Lipinski definition) is 4. The minimum Gasteiger partial charge on any atom is -0.477 e. The molecule has 8 heteroatoms. The molecule has 264 valence electrons. The van der Waals surface area contributed by atoms with Crippen molar-refractivity contribution in [2.24, 2.45) is 5.10 Å². The number of rotatable bonds is 6. The Bertz CT molecular complexity index is 2910. The molecule has 7 aromatic carbocycles. The third kappa shape index (κ3) is 5.92. The van der Waals surface area contributed by atoms with Crippen molar-refractivity contribution >= 4 is 73.2 Å². The molecule has 10 rings (SSSR count). The van der Waals surface area contributed by atoms with E-state index in [1.54, 1.807) is 24.3 Å². The minimum absolute atomic E-state index is 0.121. The number of anilines is 1. The first-order valence-electron chi connectivity index (χ1n) is 17.8. The smallest absolute Gasteiger partial charge is 0.352 e. The number of para-hydroxylation sites is 4. The van der Waals surface area contributed by atoms with Crippen LogP contribution in [-0.2, 0) is 9.59 Å². The molecule has 0 radical (unpaired) electrons. The highest BCUT2D eigenvalue weighted by molar-refractivity contribution is 6.42. The fourth-order valence-corrected chi connectivity index (χ4v) is 7.47. The van der Waals surface area contributed by atoms with E-state index < -0.39 is 5.97 Å². The Morgan fingerprint density at radius 1 is 0.527 bits per heavy atom. The summed E-state index contributed by atoms with van der Waals surface area (Å²) in [6.07, 6.45) is 0.761. The Morgan fingerprint density at radius 2 is 0.982 bits per heavy atom. The Balaban J connectivity index is 0.000000223. The summed E-state index contributed by atoms with van der Waals surface area (Å²) in [5.41, 5.74) is 10.4. The number of fused-ring (bicyclic) bond motifs is 6. The van der Waals surface area contributed by atoms with Crippen molar-refractivity contribution in [3.63, 3.8) is 0 Å². The number of hydrogen-bond donors (Lipinski definition) is 1. The number of aliphatic carboxylic acids is 1. The summed E-state index contributed by atoms with van der Waals surface area (Å²) in [4.78, 5) is 33.5. The zero-order chi connectivity index (χ0) is 37.5. The minimum atomic E-state index is -1.15. The highest BCUT2D eigenvalue weighted by atomic mass is 16.4. The summed E-state index contributed by atoms with van der Waals surface area (Å²) in [6, 6.07) is 57.7. The molecule has 1 amide bonds. The van der Waals surface area contributed by atoms with Gasteiger partial charge in [0.05, 0.1) is 34.2 Å². The van der Waals surface area contributed by atoms with Crippen molar-refractivity contribution in [2.75, 3.05) is 5.01 Å². The number of nitrogens with zero attached hydrogens (tertiary/aromatic N) is 4. The molecule has 0 fully saturated rings. The quantitative estimate of drug-likeness (QED) is 0.173. The van der Waals surface area contributed by atoms with Crippen LogP contribution in [-0.4, -0.2) is 38.1 Å². The molecule has 8 nitrogen and oxygen atoms in total. The second-order valence-corrected chi connectivity index (χ2v) is 13.3. The number of carboxylic acid groups (broad SMARTS) is 1. The Kier molecular flexibility index (Phi) is 8.32. The maximum absolute atomic E-state index is 11.4. The molecule has 0 aliphatic carbocycles.